The molecule has 6 heteroatoms. The summed E-state index contributed by atoms with van der Waals surface area (Å²) in [6.07, 6.45) is 3.58. The van der Waals surface area contributed by atoms with E-state index in [9.17, 15) is 9.59 Å². The summed E-state index contributed by atoms with van der Waals surface area (Å²) in [5, 5.41) is 6.64. The molecule has 4 rings (SSSR count). The van der Waals surface area contributed by atoms with Crippen molar-refractivity contribution in [3.05, 3.63) is 76.8 Å². The molecule has 0 unspecified atom stereocenters. The highest BCUT2D eigenvalue weighted by atomic mass is 32.2. The van der Waals surface area contributed by atoms with Crippen LogP contribution in [0, 0.1) is 6.92 Å². The van der Waals surface area contributed by atoms with Crippen LogP contribution in [0.5, 0.6) is 0 Å². The molecule has 0 atom stereocenters. The van der Waals surface area contributed by atoms with Crippen molar-refractivity contribution < 1.29 is 9.59 Å². The van der Waals surface area contributed by atoms with Crippen molar-refractivity contribution in [3.8, 4) is 16.9 Å². The Morgan fingerprint density at radius 3 is 2.42 bits per heavy atom. The molecule has 1 aromatic heterocycles. The third kappa shape index (κ3) is 3.19. The van der Waals surface area contributed by atoms with Gasteiger partial charge in [0.25, 0.3) is 11.1 Å². The Hall–Kier alpha value is -3.12. The van der Waals surface area contributed by atoms with Crippen molar-refractivity contribution in [1.29, 1.82) is 0 Å². The quantitative estimate of drug-likeness (QED) is 0.711. The maximum atomic E-state index is 11.9. The van der Waals surface area contributed by atoms with Crippen LogP contribution in [0.4, 0.5) is 4.79 Å². The van der Waals surface area contributed by atoms with E-state index >= 15 is 0 Å². The normalized spacial score (nSPS) is 15.5. The lowest BCUT2D eigenvalue weighted by Crippen LogP contribution is -2.17. The molecular weight excluding hydrogens is 346 g/mol. The second kappa shape index (κ2) is 6.65. The van der Waals surface area contributed by atoms with Crippen LogP contribution in [-0.2, 0) is 4.79 Å². The van der Waals surface area contributed by atoms with Gasteiger partial charge in [-0.1, -0.05) is 48.0 Å². The van der Waals surface area contributed by atoms with Gasteiger partial charge in [-0.05, 0) is 36.9 Å². The van der Waals surface area contributed by atoms with Gasteiger partial charge in [-0.25, -0.2) is 4.68 Å². The minimum Gasteiger partial charge on any atom is -0.282 e. The number of carbonyl (C=O) groups excluding carboxylic acids is 2. The van der Waals surface area contributed by atoms with Gasteiger partial charge in [0.05, 0.1) is 16.3 Å². The van der Waals surface area contributed by atoms with Gasteiger partial charge in [0.1, 0.15) is 0 Å². The summed E-state index contributed by atoms with van der Waals surface area (Å²) < 4.78 is 1.78. The van der Waals surface area contributed by atoms with E-state index in [0.717, 1.165) is 39.8 Å². The molecule has 1 fully saturated rings. The average molecular weight is 361 g/mol. The number of nitrogens with zero attached hydrogens (tertiary/aromatic N) is 2. The number of hydrogen-bond acceptors (Lipinski definition) is 4. The number of hydrogen-bond donors (Lipinski definition) is 1. The van der Waals surface area contributed by atoms with Crippen molar-refractivity contribution in [2.45, 2.75) is 6.92 Å². The molecule has 2 amide bonds. The fourth-order valence-electron chi connectivity index (χ4n) is 2.70. The van der Waals surface area contributed by atoms with Crippen molar-refractivity contribution >= 4 is 29.0 Å². The van der Waals surface area contributed by atoms with E-state index in [2.05, 4.69) is 5.32 Å². The second-order valence-corrected chi connectivity index (χ2v) is 6.95. The predicted octanol–water partition coefficient (Wildman–Crippen LogP) is 4.17. The Bertz CT molecular complexity index is 1020. The number of aromatic nitrogens is 2. The van der Waals surface area contributed by atoms with Gasteiger partial charge in [-0.15, -0.1) is 0 Å². The first kappa shape index (κ1) is 16.4. The zero-order valence-electron chi connectivity index (χ0n) is 14.0. The number of nitrogens with one attached hydrogen (secondary N) is 1. The zero-order chi connectivity index (χ0) is 18.1. The van der Waals surface area contributed by atoms with Crippen LogP contribution in [0.3, 0.4) is 0 Å². The summed E-state index contributed by atoms with van der Waals surface area (Å²) in [5.74, 6) is -0.373. The highest BCUT2D eigenvalue weighted by Crippen LogP contribution is 2.30. The molecule has 1 aliphatic rings. The molecule has 26 heavy (non-hydrogen) atoms. The first-order chi connectivity index (χ1) is 12.6. The summed E-state index contributed by atoms with van der Waals surface area (Å²) in [4.78, 5) is 23.7. The summed E-state index contributed by atoms with van der Waals surface area (Å²) in [5.41, 5.74) is 4.57. The van der Waals surface area contributed by atoms with E-state index < -0.39 is 0 Å². The Morgan fingerprint density at radius 2 is 1.77 bits per heavy atom. The lowest BCUT2D eigenvalue weighted by atomic mass is 10.1. The van der Waals surface area contributed by atoms with Crippen LogP contribution < -0.4 is 5.32 Å². The third-order valence-electron chi connectivity index (χ3n) is 4.02. The Morgan fingerprint density at radius 1 is 1.04 bits per heavy atom. The van der Waals surface area contributed by atoms with Crippen LogP contribution in [0.1, 0.15) is 11.1 Å². The van der Waals surface area contributed by atoms with Gasteiger partial charge in [0.2, 0.25) is 0 Å². The van der Waals surface area contributed by atoms with Crippen LogP contribution in [0.15, 0.2) is 65.7 Å². The number of thioether (sulfide) groups is 1. The van der Waals surface area contributed by atoms with E-state index in [-0.39, 0.29) is 11.1 Å². The second-order valence-electron chi connectivity index (χ2n) is 5.93. The van der Waals surface area contributed by atoms with E-state index in [0.29, 0.717) is 4.91 Å². The maximum absolute atomic E-state index is 11.9. The topological polar surface area (TPSA) is 64.0 Å². The molecule has 5 nitrogen and oxygen atoms in total. The molecule has 0 saturated carbocycles. The van der Waals surface area contributed by atoms with E-state index in [1.54, 1.807) is 10.8 Å². The molecule has 0 radical (unpaired) electrons. The molecule has 1 N–H and O–H groups in total. The number of imide groups is 1. The predicted molar refractivity (Wildman–Crippen MR) is 103 cm³/mol. The fraction of sp³-hybridized carbons (Fsp3) is 0.0500. The summed E-state index contributed by atoms with van der Waals surface area (Å²) in [7, 11) is 0. The molecule has 0 bridgehead atoms. The Labute approximate surface area is 154 Å². The summed E-state index contributed by atoms with van der Waals surface area (Å²) >= 11 is 0.904. The van der Waals surface area contributed by atoms with Gasteiger partial charge in [0, 0.05) is 17.3 Å². The molecule has 1 aliphatic heterocycles. The number of rotatable bonds is 3. The van der Waals surface area contributed by atoms with Crippen molar-refractivity contribution in [2.75, 3.05) is 0 Å². The van der Waals surface area contributed by atoms with E-state index in [4.69, 9.17) is 5.10 Å². The van der Waals surface area contributed by atoms with Crippen LogP contribution in [0.2, 0.25) is 0 Å². The van der Waals surface area contributed by atoms with Gasteiger partial charge >= 0.3 is 0 Å². The minimum absolute atomic E-state index is 0.353. The van der Waals surface area contributed by atoms with Gasteiger partial charge in [-0.3, -0.25) is 14.9 Å². The molecular formula is C20H15N3O2S. The number of amides is 2. The monoisotopic (exact) mass is 361 g/mol. The lowest BCUT2D eigenvalue weighted by Gasteiger charge is -2.01. The minimum atomic E-state index is -0.373. The number of para-hydroxylation sites is 1. The van der Waals surface area contributed by atoms with Crippen molar-refractivity contribution in [2.24, 2.45) is 0 Å². The molecule has 0 spiro atoms. The molecule has 0 aliphatic carbocycles. The van der Waals surface area contributed by atoms with Crippen molar-refractivity contribution in [1.82, 2.24) is 15.1 Å². The highest BCUT2D eigenvalue weighted by molar-refractivity contribution is 8.18. The standard InChI is InChI=1S/C20H15N3O2S/c1-13-7-9-14(10-8-13)18-15(11-17-19(24)21-20(25)26-17)12-23(22-18)16-5-3-2-4-6-16/h2-12H,1H3,(H,21,24,25)/b17-11-. The molecule has 2 aromatic carbocycles. The van der Waals surface area contributed by atoms with Crippen LogP contribution in [0.25, 0.3) is 23.0 Å². The van der Waals surface area contributed by atoms with Gasteiger partial charge in [-0.2, -0.15) is 5.10 Å². The van der Waals surface area contributed by atoms with E-state index in [1.165, 1.54) is 0 Å². The molecule has 1 saturated heterocycles. The van der Waals surface area contributed by atoms with Gasteiger partial charge < -0.3 is 0 Å². The zero-order valence-corrected chi connectivity index (χ0v) is 14.8. The molecule has 3 aromatic rings. The van der Waals surface area contributed by atoms with Crippen molar-refractivity contribution in [3.63, 3.8) is 0 Å². The maximum Gasteiger partial charge on any atom is 0.290 e. The Kier molecular flexibility index (Phi) is 4.18. The molecule has 2 heterocycles. The average Bonchev–Trinajstić information content (AvgIpc) is 3.20. The smallest absolute Gasteiger partial charge is 0.282 e. The Balaban J connectivity index is 1.84. The van der Waals surface area contributed by atoms with Crippen LogP contribution in [-0.4, -0.2) is 20.9 Å². The summed E-state index contributed by atoms with van der Waals surface area (Å²) in [6, 6.07) is 17.8. The highest BCUT2D eigenvalue weighted by Gasteiger charge is 2.26. The van der Waals surface area contributed by atoms with E-state index in [1.807, 2.05) is 67.7 Å². The first-order valence-electron chi connectivity index (χ1n) is 8.07. The molecule has 128 valence electrons. The van der Waals surface area contributed by atoms with Gasteiger partial charge in [0.15, 0.2) is 0 Å². The number of carbonyl (C=O) groups is 2. The van der Waals surface area contributed by atoms with Crippen LogP contribution >= 0.6 is 11.8 Å². The summed E-state index contributed by atoms with van der Waals surface area (Å²) in [6.45, 7) is 2.03. The first-order valence-corrected chi connectivity index (χ1v) is 8.89. The SMILES string of the molecule is Cc1ccc(-c2nn(-c3ccccc3)cc2/C=C2\SC(=O)NC2=O)cc1. The number of benzene rings is 2. The number of aryl methyl sites for hydroxylation is 1. The largest absolute Gasteiger partial charge is 0.290 e. The fourth-order valence-corrected chi connectivity index (χ4v) is 3.38. The lowest BCUT2D eigenvalue weighted by molar-refractivity contribution is -0.115. The third-order valence-corrected chi connectivity index (χ3v) is 4.83.